The van der Waals surface area contributed by atoms with Gasteiger partial charge in [-0.2, -0.15) is 28.2 Å². The highest BCUT2D eigenvalue weighted by Gasteiger charge is 2.47. The summed E-state index contributed by atoms with van der Waals surface area (Å²) in [7, 11) is 3.31. The van der Waals surface area contributed by atoms with E-state index in [1.807, 2.05) is 4.90 Å². The molecule has 2 atom stereocenters. The minimum atomic E-state index is -4.94. The van der Waals surface area contributed by atoms with Gasteiger partial charge in [-0.05, 0) is 61.1 Å². The van der Waals surface area contributed by atoms with Crippen LogP contribution in [0.1, 0.15) is 82.8 Å². The molecule has 6 heterocycles. The number of anilines is 2. The number of nitrogens with two attached hydrogens (primary N) is 1. The maximum absolute atomic E-state index is 15.7. The van der Waals surface area contributed by atoms with E-state index >= 15 is 4.39 Å². The van der Waals surface area contributed by atoms with Crippen LogP contribution in [-0.2, 0) is 37.0 Å². The SMILES string of the molecule is C=C1CN2CCC[C@]2(COc2nc3c(c(N4CCCn5nc(C(=O)N(C)C)c(Br)c5C4)n2)CO[C@H](c2c(F)c(N)cc(C#CC)c2C(F)(F)F)C3)C1. The molecule has 7 rings (SSSR count). The van der Waals surface area contributed by atoms with Gasteiger partial charge in [0.1, 0.15) is 12.4 Å². The van der Waals surface area contributed by atoms with Gasteiger partial charge in [0.05, 0.1) is 51.9 Å². The second kappa shape index (κ2) is 13.7. The summed E-state index contributed by atoms with van der Waals surface area (Å²) in [5.74, 6) is 3.95. The van der Waals surface area contributed by atoms with E-state index in [-0.39, 0.29) is 36.2 Å². The van der Waals surface area contributed by atoms with E-state index in [9.17, 15) is 18.0 Å². The number of carbonyl (C=O) groups is 1. The molecule has 0 saturated carbocycles. The van der Waals surface area contributed by atoms with E-state index in [0.717, 1.165) is 49.7 Å². The molecule has 2 fully saturated rings. The zero-order chi connectivity index (χ0) is 37.1. The number of benzene rings is 1. The minimum Gasteiger partial charge on any atom is -0.461 e. The van der Waals surface area contributed by atoms with Crippen molar-refractivity contribution in [2.75, 3.05) is 51.0 Å². The van der Waals surface area contributed by atoms with E-state index in [1.54, 1.807) is 18.8 Å². The molecule has 52 heavy (non-hydrogen) atoms. The lowest BCUT2D eigenvalue weighted by Crippen LogP contribution is -2.43. The lowest BCUT2D eigenvalue weighted by molar-refractivity contribution is -0.140. The molecule has 11 nitrogen and oxygen atoms in total. The summed E-state index contributed by atoms with van der Waals surface area (Å²) in [6.45, 7) is 8.83. The van der Waals surface area contributed by atoms with Crippen molar-refractivity contribution < 1.29 is 31.8 Å². The fourth-order valence-corrected chi connectivity index (χ4v) is 8.52. The highest BCUT2D eigenvalue weighted by atomic mass is 79.9. The summed E-state index contributed by atoms with van der Waals surface area (Å²) in [6, 6.07) is 0.972. The van der Waals surface area contributed by atoms with Crippen LogP contribution < -0.4 is 15.4 Å². The zero-order valence-electron chi connectivity index (χ0n) is 29.2. The number of carbonyl (C=O) groups excluding carboxylic acids is 1. The van der Waals surface area contributed by atoms with Gasteiger partial charge in [-0.25, -0.2) is 4.39 Å². The number of amides is 1. The smallest absolute Gasteiger partial charge is 0.418 e. The summed E-state index contributed by atoms with van der Waals surface area (Å²) < 4.78 is 74.4. The Kier molecular flexibility index (Phi) is 9.50. The molecule has 2 N–H and O–H groups in total. The predicted octanol–water partition coefficient (Wildman–Crippen LogP) is 5.65. The summed E-state index contributed by atoms with van der Waals surface area (Å²) in [5, 5.41) is 4.59. The highest BCUT2D eigenvalue weighted by molar-refractivity contribution is 9.10. The summed E-state index contributed by atoms with van der Waals surface area (Å²) in [5.41, 5.74) is 5.97. The van der Waals surface area contributed by atoms with Crippen LogP contribution in [0.25, 0.3) is 0 Å². The molecule has 1 amide bonds. The van der Waals surface area contributed by atoms with Crippen molar-refractivity contribution in [2.24, 2.45) is 0 Å². The maximum atomic E-state index is 15.7. The number of alkyl halides is 3. The second-order valence-electron chi connectivity index (χ2n) is 14.0. The molecule has 4 aliphatic rings. The third-order valence-electron chi connectivity index (χ3n) is 10.3. The Labute approximate surface area is 307 Å². The topological polar surface area (TPSA) is 115 Å². The van der Waals surface area contributed by atoms with Crippen LogP contribution in [0, 0.1) is 17.7 Å². The molecular formula is C36H39BrF4N8O3. The number of rotatable bonds is 6. The Morgan fingerprint density at radius 2 is 2.02 bits per heavy atom. The predicted molar refractivity (Wildman–Crippen MR) is 188 cm³/mol. The van der Waals surface area contributed by atoms with Gasteiger partial charge in [-0.15, -0.1) is 5.92 Å². The summed E-state index contributed by atoms with van der Waals surface area (Å²) in [4.78, 5) is 28.4. The van der Waals surface area contributed by atoms with Crippen LogP contribution in [0.5, 0.6) is 6.01 Å². The van der Waals surface area contributed by atoms with Crippen molar-refractivity contribution in [3.8, 4) is 17.9 Å². The number of hydrogen-bond acceptors (Lipinski definition) is 9. The molecule has 0 bridgehead atoms. The monoisotopic (exact) mass is 786 g/mol. The van der Waals surface area contributed by atoms with E-state index < -0.39 is 40.5 Å². The first kappa shape index (κ1) is 36.2. The largest absolute Gasteiger partial charge is 0.461 e. The molecule has 276 valence electrons. The Balaban J connectivity index is 1.30. The van der Waals surface area contributed by atoms with E-state index in [4.69, 9.17) is 25.2 Å². The standard InChI is InChI=1S/C36H39BrF4N8O3/c1-5-8-21-13-23(42)30(38)27(28(21)36(39,40)41)26-14-24-22(18-51-26)32(44-34(43-24)52-19-35-9-6-11-48(35)16-20(2)15-35)47-10-7-12-49-25(17-47)29(37)31(45-49)33(50)46(3)4/h13,26H,2,6-7,9-12,14-19,42H2,1,3-4H3/t26-,35+/m0/s1. The third kappa shape index (κ3) is 6.40. The average Bonchev–Trinajstić information content (AvgIpc) is 3.66. The number of fused-ring (bicyclic) bond motifs is 3. The molecule has 4 aliphatic heterocycles. The van der Waals surface area contributed by atoms with Gasteiger partial charge in [0.2, 0.25) is 0 Å². The van der Waals surface area contributed by atoms with Crippen LogP contribution in [-0.4, -0.2) is 81.3 Å². The molecule has 3 aromatic rings. The van der Waals surface area contributed by atoms with Crippen molar-refractivity contribution in [2.45, 2.75) is 76.5 Å². The molecule has 0 spiro atoms. The minimum absolute atomic E-state index is 0.0649. The normalized spacial score (nSPS) is 21.6. The molecule has 0 unspecified atom stereocenters. The molecule has 0 aliphatic carbocycles. The van der Waals surface area contributed by atoms with Gasteiger partial charge in [0.15, 0.2) is 11.5 Å². The quantitative estimate of drug-likeness (QED) is 0.147. The van der Waals surface area contributed by atoms with E-state index in [0.29, 0.717) is 54.2 Å². The highest BCUT2D eigenvalue weighted by Crippen LogP contribution is 2.45. The van der Waals surface area contributed by atoms with Gasteiger partial charge in [-0.3, -0.25) is 14.4 Å². The van der Waals surface area contributed by atoms with Crippen molar-refractivity contribution in [3.63, 3.8) is 0 Å². The third-order valence-corrected chi connectivity index (χ3v) is 11.1. The Morgan fingerprint density at radius 3 is 2.75 bits per heavy atom. The fourth-order valence-electron chi connectivity index (χ4n) is 7.94. The Morgan fingerprint density at radius 1 is 1.23 bits per heavy atom. The van der Waals surface area contributed by atoms with Crippen LogP contribution in [0.2, 0.25) is 0 Å². The number of nitrogen functional groups attached to an aromatic ring is 1. The fraction of sp³-hybridized carbons (Fsp3) is 0.500. The molecule has 2 saturated heterocycles. The first-order chi connectivity index (χ1) is 24.7. The Bertz CT molecular complexity index is 2020. The Hall–Kier alpha value is -4.20. The molecular weight excluding hydrogens is 748 g/mol. The van der Waals surface area contributed by atoms with Crippen LogP contribution >= 0.6 is 15.9 Å². The van der Waals surface area contributed by atoms with E-state index in [2.05, 4.69) is 44.3 Å². The number of hydrogen-bond donors (Lipinski definition) is 1. The van der Waals surface area contributed by atoms with Crippen molar-refractivity contribution in [1.82, 2.24) is 29.5 Å². The summed E-state index contributed by atoms with van der Waals surface area (Å²) in [6.07, 6.45) is -3.12. The van der Waals surface area contributed by atoms with Gasteiger partial charge >= 0.3 is 12.2 Å². The lowest BCUT2D eigenvalue weighted by atomic mass is 9.91. The van der Waals surface area contributed by atoms with Gasteiger partial charge in [0, 0.05) is 56.8 Å². The first-order valence-electron chi connectivity index (χ1n) is 17.1. The molecule has 2 aromatic heterocycles. The zero-order valence-corrected chi connectivity index (χ0v) is 30.8. The maximum Gasteiger partial charge on any atom is 0.418 e. The van der Waals surface area contributed by atoms with Crippen LogP contribution in [0.3, 0.4) is 0 Å². The molecule has 16 heteroatoms. The van der Waals surface area contributed by atoms with E-state index in [1.165, 1.54) is 11.8 Å². The van der Waals surface area contributed by atoms with Gasteiger partial charge in [0.25, 0.3) is 5.91 Å². The second-order valence-corrected chi connectivity index (χ2v) is 14.8. The summed E-state index contributed by atoms with van der Waals surface area (Å²) >= 11 is 3.61. The molecule has 1 aromatic carbocycles. The first-order valence-corrected chi connectivity index (χ1v) is 17.9. The van der Waals surface area contributed by atoms with Crippen LogP contribution in [0.15, 0.2) is 22.7 Å². The molecule has 0 radical (unpaired) electrons. The number of halogens is 5. The number of nitrogens with zero attached hydrogens (tertiary/aromatic N) is 7. The van der Waals surface area contributed by atoms with Gasteiger partial charge < -0.3 is 25.0 Å². The van der Waals surface area contributed by atoms with Crippen molar-refractivity contribution in [3.05, 3.63) is 67.8 Å². The van der Waals surface area contributed by atoms with Crippen molar-refractivity contribution in [1.29, 1.82) is 0 Å². The van der Waals surface area contributed by atoms with Crippen LogP contribution in [0.4, 0.5) is 29.1 Å². The lowest BCUT2D eigenvalue weighted by Gasteiger charge is -2.33. The number of aryl methyl sites for hydroxylation is 1. The average molecular weight is 788 g/mol. The number of ether oxygens (including phenoxy) is 2. The number of aromatic nitrogens is 4. The van der Waals surface area contributed by atoms with Gasteiger partial charge in [-0.1, -0.05) is 18.1 Å². The van der Waals surface area contributed by atoms with Crippen molar-refractivity contribution >= 4 is 33.3 Å².